The summed E-state index contributed by atoms with van der Waals surface area (Å²) < 4.78 is 5.17. The van der Waals surface area contributed by atoms with Crippen molar-refractivity contribution in [1.29, 1.82) is 0 Å². The van der Waals surface area contributed by atoms with Crippen LogP contribution in [0.2, 0.25) is 0 Å². The minimum absolute atomic E-state index is 0.0906. The zero-order chi connectivity index (χ0) is 14.1. The molecule has 0 aliphatic carbocycles. The van der Waals surface area contributed by atoms with Crippen molar-refractivity contribution in [2.75, 3.05) is 16.8 Å². The first-order valence-corrected chi connectivity index (χ1v) is 6.42. The first-order valence-electron chi connectivity index (χ1n) is 6.42. The van der Waals surface area contributed by atoms with Gasteiger partial charge in [0.05, 0.1) is 23.6 Å². The largest absolute Gasteiger partial charge is 0.459 e. The molecule has 0 fully saturated rings. The Kier molecular flexibility index (Phi) is 3.02. The van der Waals surface area contributed by atoms with Gasteiger partial charge in [0, 0.05) is 6.54 Å². The maximum atomic E-state index is 12.5. The summed E-state index contributed by atoms with van der Waals surface area (Å²) in [6.07, 6.45) is 1.46. The Bertz CT molecular complexity index is 649. The Hall–Kier alpha value is -2.56. The monoisotopic (exact) mass is 270 g/mol. The summed E-state index contributed by atoms with van der Waals surface area (Å²) in [5, 5.41) is 2.84. The van der Waals surface area contributed by atoms with E-state index < -0.39 is 0 Å². The zero-order valence-electron chi connectivity index (χ0n) is 11.0. The summed E-state index contributed by atoms with van der Waals surface area (Å²) in [7, 11) is 0. The van der Waals surface area contributed by atoms with Crippen molar-refractivity contribution in [2.45, 2.75) is 6.92 Å². The average molecular weight is 270 g/mol. The van der Waals surface area contributed by atoms with Crippen LogP contribution in [0, 0.1) is 5.92 Å². The van der Waals surface area contributed by atoms with Crippen LogP contribution in [0.15, 0.2) is 47.1 Å². The fraction of sp³-hybridized carbons (Fsp3) is 0.200. The molecule has 0 unspecified atom stereocenters. The lowest BCUT2D eigenvalue weighted by Crippen LogP contribution is -2.35. The zero-order valence-corrected chi connectivity index (χ0v) is 11.0. The number of nitrogens with one attached hydrogen (secondary N) is 1. The number of hydrogen-bond donors (Lipinski definition) is 1. The van der Waals surface area contributed by atoms with Gasteiger partial charge in [-0.05, 0) is 24.3 Å². The van der Waals surface area contributed by atoms with Crippen LogP contribution < -0.4 is 10.2 Å². The summed E-state index contributed by atoms with van der Waals surface area (Å²) >= 11 is 0. The van der Waals surface area contributed by atoms with E-state index >= 15 is 0 Å². The molecular weight excluding hydrogens is 256 g/mol. The molecule has 0 radical (unpaired) electrons. The van der Waals surface area contributed by atoms with Gasteiger partial charge in [-0.2, -0.15) is 0 Å². The number of nitrogens with zero attached hydrogens (tertiary/aromatic N) is 1. The Morgan fingerprint density at radius 3 is 2.85 bits per heavy atom. The molecule has 20 heavy (non-hydrogen) atoms. The van der Waals surface area contributed by atoms with Gasteiger partial charge < -0.3 is 14.6 Å². The molecule has 1 aliphatic heterocycles. The van der Waals surface area contributed by atoms with Gasteiger partial charge >= 0.3 is 0 Å². The quantitative estimate of drug-likeness (QED) is 0.866. The van der Waals surface area contributed by atoms with E-state index in [1.807, 2.05) is 18.2 Å². The Balaban J connectivity index is 2.05. The Morgan fingerprint density at radius 2 is 2.10 bits per heavy atom. The van der Waals surface area contributed by atoms with E-state index in [0.29, 0.717) is 17.9 Å². The fourth-order valence-electron chi connectivity index (χ4n) is 2.25. The number of rotatable bonds is 1. The number of anilines is 2. The first-order chi connectivity index (χ1) is 9.66. The maximum absolute atomic E-state index is 12.5. The molecule has 5 nitrogen and oxygen atoms in total. The van der Waals surface area contributed by atoms with Gasteiger partial charge in [-0.3, -0.25) is 9.59 Å². The maximum Gasteiger partial charge on any atom is 0.294 e. The highest BCUT2D eigenvalue weighted by atomic mass is 16.3. The Morgan fingerprint density at radius 1 is 1.30 bits per heavy atom. The number of furan rings is 1. The van der Waals surface area contributed by atoms with E-state index in [1.165, 1.54) is 6.26 Å². The molecule has 1 aromatic carbocycles. The van der Waals surface area contributed by atoms with Gasteiger partial charge in [0.2, 0.25) is 5.91 Å². The van der Waals surface area contributed by atoms with Crippen molar-refractivity contribution in [2.24, 2.45) is 5.92 Å². The summed E-state index contributed by atoms with van der Waals surface area (Å²) in [4.78, 5) is 26.1. The van der Waals surface area contributed by atoms with Gasteiger partial charge in [0.1, 0.15) is 0 Å². The molecule has 5 heteroatoms. The lowest BCUT2D eigenvalue weighted by Gasteiger charge is -2.22. The molecule has 2 aromatic rings. The molecule has 0 saturated carbocycles. The number of carbonyl (C=O) groups excluding carboxylic acids is 2. The van der Waals surface area contributed by atoms with Crippen LogP contribution in [0.4, 0.5) is 11.4 Å². The molecule has 1 N–H and O–H groups in total. The van der Waals surface area contributed by atoms with Crippen LogP contribution in [-0.2, 0) is 4.79 Å². The van der Waals surface area contributed by atoms with Gasteiger partial charge in [-0.15, -0.1) is 0 Å². The molecule has 1 atom stereocenters. The predicted octanol–water partition coefficient (Wildman–Crippen LogP) is 2.51. The minimum atomic E-state index is -0.290. The first kappa shape index (κ1) is 12.5. The lowest BCUT2D eigenvalue weighted by molar-refractivity contribution is -0.119. The standard InChI is InChI=1S/C15H14N2O3/c1-10-9-17(15(19)13-7-4-8-20-13)12-6-3-2-5-11(12)16-14(10)18/h2-8,10H,9H2,1H3,(H,16,18)/t10-/m1/s1. The van der Waals surface area contributed by atoms with E-state index in [-0.39, 0.29) is 23.5 Å². The SMILES string of the molecule is C[C@@H]1CN(C(=O)c2ccco2)c2ccccc2NC1=O. The van der Waals surface area contributed by atoms with Crippen molar-refractivity contribution in [3.8, 4) is 0 Å². The van der Waals surface area contributed by atoms with Gasteiger partial charge in [0.25, 0.3) is 5.91 Å². The molecule has 102 valence electrons. The van der Waals surface area contributed by atoms with Crippen molar-refractivity contribution in [3.63, 3.8) is 0 Å². The second-order valence-corrected chi connectivity index (χ2v) is 4.80. The summed E-state index contributed by atoms with van der Waals surface area (Å²) in [5.41, 5.74) is 1.33. The molecule has 0 bridgehead atoms. The predicted molar refractivity (Wildman–Crippen MR) is 74.6 cm³/mol. The number of carbonyl (C=O) groups is 2. The average Bonchev–Trinajstić information content (AvgIpc) is 2.94. The van der Waals surface area contributed by atoms with Crippen LogP contribution in [0.25, 0.3) is 0 Å². The van der Waals surface area contributed by atoms with Gasteiger partial charge in [0.15, 0.2) is 5.76 Å². The van der Waals surface area contributed by atoms with Crippen LogP contribution in [0.5, 0.6) is 0 Å². The fourth-order valence-corrected chi connectivity index (χ4v) is 2.25. The number of fused-ring (bicyclic) bond motifs is 1. The highest BCUT2D eigenvalue weighted by molar-refractivity contribution is 6.09. The second-order valence-electron chi connectivity index (χ2n) is 4.80. The van der Waals surface area contributed by atoms with E-state index in [9.17, 15) is 9.59 Å². The molecular formula is C15H14N2O3. The van der Waals surface area contributed by atoms with E-state index in [4.69, 9.17) is 4.42 Å². The van der Waals surface area contributed by atoms with Crippen LogP contribution in [0.1, 0.15) is 17.5 Å². The molecule has 2 heterocycles. The van der Waals surface area contributed by atoms with E-state index in [2.05, 4.69) is 5.32 Å². The minimum Gasteiger partial charge on any atom is -0.459 e. The summed E-state index contributed by atoms with van der Waals surface area (Å²) in [5.74, 6) is -0.361. The molecule has 3 rings (SSSR count). The molecule has 0 saturated heterocycles. The van der Waals surface area contributed by atoms with E-state index in [1.54, 1.807) is 30.0 Å². The third kappa shape index (κ3) is 2.07. The number of benzene rings is 1. The second kappa shape index (κ2) is 4.85. The van der Waals surface area contributed by atoms with Crippen molar-refractivity contribution in [3.05, 3.63) is 48.4 Å². The third-order valence-electron chi connectivity index (χ3n) is 3.33. The van der Waals surface area contributed by atoms with Gasteiger partial charge in [-0.1, -0.05) is 19.1 Å². The Labute approximate surface area is 116 Å². The lowest BCUT2D eigenvalue weighted by atomic mass is 10.1. The normalized spacial score (nSPS) is 18.1. The number of hydrogen-bond acceptors (Lipinski definition) is 3. The molecule has 1 aromatic heterocycles. The smallest absolute Gasteiger partial charge is 0.294 e. The summed E-state index contributed by atoms with van der Waals surface area (Å²) in [6.45, 7) is 2.12. The van der Waals surface area contributed by atoms with Crippen molar-refractivity contribution >= 4 is 23.2 Å². The van der Waals surface area contributed by atoms with Crippen molar-refractivity contribution in [1.82, 2.24) is 0 Å². The van der Waals surface area contributed by atoms with E-state index in [0.717, 1.165) is 0 Å². The number of para-hydroxylation sites is 2. The topological polar surface area (TPSA) is 62.6 Å². The highest BCUT2D eigenvalue weighted by Gasteiger charge is 2.29. The molecule has 0 spiro atoms. The molecule has 2 amide bonds. The van der Waals surface area contributed by atoms with Crippen LogP contribution >= 0.6 is 0 Å². The number of amides is 2. The third-order valence-corrected chi connectivity index (χ3v) is 3.33. The summed E-state index contributed by atoms with van der Waals surface area (Å²) in [6, 6.07) is 10.6. The van der Waals surface area contributed by atoms with Gasteiger partial charge in [-0.25, -0.2) is 0 Å². The highest BCUT2D eigenvalue weighted by Crippen LogP contribution is 2.30. The van der Waals surface area contributed by atoms with Crippen LogP contribution in [0.3, 0.4) is 0 Å². The van der Waals surface area contributed by atoms with Crippen molar-refractivity contribution < 1.29 is 14.0 Å². The van der Waals surface area contributed by atoms with Crippen LogP contribution in [-0.4, -0.2) is 18.4 Å². The molecule has 1 aliphatic rings.